The van der Waals surface area contributed by atoms with Crippen LogP contribution in [0.15, 0.2) is 91.0 Å². The zero-order valence-electron chi connectivity index (χ0n) is 50.9. The van der Waals surface area contributed by atoms with E-state index in [0.717, 1.165) is 30.4 Å². The number of rotatable bonds is 29. The first-order valence-electron chi connectivity index (χ1n) is 28.9. The zero-order chi connectivity index (χ0) is 58.1. The Labute approximate surface area is 473 Å². The van der Waals surface area contributed by atoms with E-state index in [1.54, 1.807) is 20.8 Å². The average molecular weight is 1130 g/mol. The summed E-state index contributed by atoms with van der Waals surface area (Å²) in [5.41, 5.74) is 2.17. The number of hydrogen-bond acceptors (Lipinski definition) is 10. The lowest BCUT2D eigenvalue weighted by molar-refractivity contribution is -0.160. The fourth-order valence-electron chi connectivity index (χ4n) is 9.36. The molecule has 0 aromatic heterocycles. The van der Waals surface area contributed by atoms with E-state index >= 15 is 9.59 Å². The van der Waals surface area contributed by atoms with Crippen molar-refractivity contribution in [3.8, 4) is 0 Å². The molecule has 78 heavy (non-hydrogen) atoms. The van der Waals surface area contributed by atoms with Gasteiger partial charge >= 0.3 is 12.1 Å². The number of amides is 3. The van der Waals surface area contributed by atoms with Gasteiger partial charge in [-0.15, -0.1) is 0 Å². The monoisotopic (exact) mass is 1130 g/mol. The quantitative estimate of drug-likeness (QED) is 0.0508. The van der Waals surface area contributed by atoms with Crippen molar-refractivity contribution < 1.29 is 46.7 Å². The number of carbonyl (C=O) groups excluding carboxylic acids is 4. The van der Waals surface area contributed by atoms with Crippen molar-refractivity contribution in [2.45, 2.75) is 238 Å². The Morgan fingerprint density at radius 1 is 0.667 bits per heavy atom. The van der Waals surface area contributed by atoms with Crippen LogP contribution in [0.2, 0.25) is 54.4 Å². The van der Waals surface area contributed by atoms with Crippen molar-refractivity contribution in [3.63, 3.8) is 0 Å². The van der Waals surface area contributed by atoms with E-state index in [1.807, 2.05) is 73.7 Å². The third-order valence-corrected chi connectivity index (χ3v) is 30.2. The van der Waals surface area contributed by atoms with Gasteiger partial charge in [-0.05, 0) is 136 Å². The van der Waals surface area contributed by atoms with Crippen LogP contribution >= 0.6 is 0 Å². The summed E-state index contributed by atoms with van der Waals surface area (Å²) in [5, 5.41) is 6.26. The van der Waals surface area contributed by atoms with Gasteiger partial charge in [0.2, 0.25) is 5.91 Å². The molecule has 1 saturated heterocycles. The Bertz CT molecular complexity index is 2290. The van der Waals surface area contributed by atoms with Gasteiger partial charge in [-0.25, -0.2) is 9.59 Å². The Kier molecular flexibility index (Phi) is 25.1. The smallest absolute Gasteiger partial charge is 0.410 e. The topological polar surface area (TPSA) is 151 Å². The van der Waals surface area contributed by atoms with Crippen molar-refractivity contribution in [1.82, 2.24) is 15.5 Å². The van der Waals surface area contributed by atoms with Crippen molar-refractivity contribution in [3.05, 3.63) is 108 Å². The lowest BCUT2D eigenvalue weighted by atomic mass is 9.95. The number of esters is 1. The molecule has 16 heteroatoms. The molecule has 13 nitrogen and oxygen atoms in total. The third kappa shape index (κ3) is 20.4. The molecule has 7 atom stereocenters. The Morgan fingerprint density at radius 3 is 1.69 bits per heavy atom. The van der Waals surface area contributed by atoms with Crippen molar-refractivity contribution >= 4 is 48.8 Å². The molecule has 2 N–H and O–H groups in total. The van der Waals surface area contributed by atoms with E-state index in [-0.39, 0.29) is 41.7 Å². The van der Waals surface area contributed by atoms with Gasteiger partial charge < -0.3 is 38.1 Å². The first kappa shape index (κ1) is 66.3. The molecule has 436 valence electrons. The highest BCUT2D eigenvalue weighted by molar-refractivity contribution is 6.74. The molecule has 4 rings (SSSR count). The fraction of sp³-hybridized carbons (Fsp3) is 0.645. The molecular weight excluding hydrogens is 1030 g/mol. The number of hydrogen-bond donors (Lipinski definition) is 2. The SMILES string of the molecule is CC[Si](CC)(CC)O[C@H](C(=O)N[C@H](CO[Si](C)(C)C(C)(C)C)C(=O)OC(C)(C)C)[C@@H](C[C@H](CCC[C@H](Cc1ccccc1)O[Si](C)(C)C(C)(C)C)OCc1ccccc1)NC(=O)[C@@H]1[C@@H](C)CCN1C(=O)OCc1ccccc1. The summed E-state index contributed by atoms with van der Waals surface area (Å²) in [6.45, 7) is 36.2. The number of carbonyl (C=O) groups is 4. The van der Waals surface area contributed by atoms with Gasteiger partial charge in [0.25, 0.3) is 5.91 Å². The molecule has 0 spiro atoms. The number of likely N-dealkylation sites (tertiary alicyclic amines) is 1. The molecular formula is C62H101N3O10Si3. The maximum absolute atomic E-state index is 15.7. The maximum Gasteiger partial charge on any atom is 0.410 e. The average Bonchev–Trinajstić information content (AvgIpc) is 3.78. The van der Waals surface area contributed by atoms with Crippen molar-refractivity contribution in [2.75, 3.05) is 13.2 Å². The molecule has 3 amide bonds. The Morgan fingerprint density at radius 2 is 1.18 bits per heavy atom. The van der Waals surface area contributed by atoms with Crippen LogP contribution in [0.5, 0.6) is 0 Å². The summed E-state index contributed by atoms with van der Waals surface area (Å²) in [6, 6.07) is 29.0. The lowest BCUT2D eigenvalue weighted by Crippen LogP contribution is -2.62. The van der Waals surface area contributed by atoms with Crippen molar-refractivity contribution in [1.29, 1.82) is 0 Å². The van der Waals surface area contributed by atoms with Crippen LogP contribution in [0.3, 0.4) is 0 Å². The summed E-state index contributed by atoms with van der Waals surface area (Å²) in [7, 11) is -7.33. The van der Waals surface area contributed by atoms with Crippen LogP contribution in [0.1, 0.15) is 139 Å². The van der Waals surface area contributed by atoms with Gasteiger partial charge in [-0.3, -0.25) is 14.5 Å². The lowest BCUT2D eigenvalue weighted by Gasteiger charge is -2.40. The van der Waals surface area contributed by atoms with E-state index in [9.17, 15) is 9.59 Å². The van der Waals surface area contributed by atoms with E-state index < -0.39 is 84.8 Å². The summed E-state index contributed by atoms with van der Waals surface area (Å²) in [5.74, 6) is -1.84. The summed E-state index contributed by atoms with van der Waals surface area (Å²) in [6.07, 6.45) is 1.19. The highest BCUT2D eigenvalue weighted by Gasteiger charge is 2.47. The number of ether oxygens (including phenoxy) is 3. The number of benzene rings is 3. The minimum absolute atomic E-state index is 0.00264. The second-order valence-electron chi connectivity index (χ2n) is 25.8. The maximum atomic E-state index is 15.7. The first-order valence-corrected chi connectivity index (χ1v) is 37.3. The van der Waals surface area contributed by atoms with Crippen LogP contribution in [0.4, 0.5) is 4.79 Å². The number of nitrogens with one attached hydrogen (secondary N) is 2. The van der Waals surface area contributed by atoms with Gasteiger partial charge in [-0.1, -0.05) is 160 Å². The predicted molar refractivity (Wildman–Crippen MR) is 322 cm³/mol. The Balaban J connectivity index is 1.85. The van der Waals surface area contributed by atoms with E-state index in [1.165, 1.54) is 10.5 Å². The molecule has 0 unspecified atom stereocenters. The zero-order valence-corrected chi connectivity index (χ0v) is 53.9. The molecule has 0 aliphatic carbocycles. The largest absolute Gasteiger partial charge is 0.458 e. The minimum atomic E-state index is -2.69. The highest BCUT2D eigenvalue weighted by atomic mass is 28.4. The molecule has 1 aliphatic rings. The standard InChI is InChI=1S/C62H101N3O10Si3/c1-18-78(19-2,20-3)75-55(57(67)64-53(58(68)73-60(5,6)7)45-72-76(14,15)61(8,9)10)52(63-56(66)54-46(4)39-40-65(54)59(69)71-44-49-35-28-23-29-36-49)42-50(70-43-48-33-26-22-27-34-48)37-30-38-51(41-47-31-24-21-25-32-47)74-77(16,17)62(11,12)13/h21-29,31-36,46,50-55H,18-20,30,37-45H2,1-17H3,(H,63,66)(H,64,67)/t46-,50-,51+,52+,53+,54-,55-/m0/s1. The molecule has 1 aliphatic heterocycles. The van der Waals surface area contributed by atoms with E-state index in [4.69, 9.17) is 27.5 Å². The minimum Gasteiger partial charge on any atom is -0.458 e. The van der Waals surface area contributed by atoms with Crippen LogP contribution in [0.25, 0.3) is 0 Å². The molecule has 1 heterocycles. The van der Waals surface area contributed by atoms with Crippen molar-refractivity contribution in [2.24, 2.45) is 5.92 Å². The Hall–Kier alpha value is -4.17. The first-order chi connectivity index (χ1) is 36.4. The fourth-order valence-corrected chi connectivity index (χ4v) is 14.6. The molecule has 0 radical (unpaired) electrons. The third-order valence-electron chi connectivity index (χ3n) is 16.6. The molecule has 3 aromatic rings. The van der Waals surface area contributed by atoms with Gasteiger partial charge in [-0.2, -0.15) is 0 Å². The highest BCUT2D eigenvalue weighted by Crippen LogP contribution is 2.39. The van der Waals surface area contributed by atoms with Crippen LogP contribution in [-0.2, 0) is 61.5 Å². The molecule has 0 bridgehead atoms. The predicted octanol–water partition coefficient (Wildman–Crippen LogP) is 13.5. The van der Waals surface area contributed by atoms with Gasteiger partial charge in [0.05, 0.1) is 25.4 Å². The second kappa shape index (κ2) is 29.5. The van der Waals surface area contributed by atoms with Gasteiger partial charge in [0.1, 0.15) is 30.4 Å². The summed E-state index contributed by atoms with van der Waals surface area (Å²) >= 11 is 0. The van der Waals surface area contributed by atoms with Gasteiger partial charge in [0, 0.05) is 12.6 Å². The summed E-state index contributed by atoms with van der Waals surface area (Å²) < 4.78 is 40.0. The van der Waals surface area contributed by atoms with E-state index in [0.29, 0.717) is 44.1 Å². The molecule has 1 fully saturated rings. The van der Waals surface area contributed by atoms with Gasteiger partial charge in [0.15, 0.2) is 25.0 Å². The molecule has 0 saturated carbocycles. The van der Waals surface area contributed by atoms with E-state index in [2.05, 4.69) is 123 Å². The van der Waals surface area contributed by atoms with Crippen LogP contribution < -0.4 is 10.6 Å². The van der Waals surface area contributed by atoms with Crippen LogP contribution in [0, 0.1) is 5.92 Å². The molecule has 3 aromatic carbocycles. The van der Waals surface area contributed by atoms with Crippen LogP contribution in [-0.4, -0.2) is 109 Å². The second-order valence-corrected chi connectivity index (χ2v) is 40.1. The normalized spacial score (nSPS) is 17.6. The number of nitrogens with zero attached hydrogens (tertiary/aromatic N) is 1. The summed E-state index contributed by atoms with van der Waals surface area (Å²) in [4.78, 5) is 60.8.